The summed E-state index contributed by atoms with van der Waals surface area (Å²) in [7, 11) is 0. The van der Waals surface area contributed by atoms with Crippen molar-refractivity contribution >= 4 is 28.8 Å². The summed E-state index contributed by atoms with van der Waals surface area (Å²) in [5.74, 6) is -0.498. The van der Waals surface area contributed by atoms with Gasteiger partial charge in [0.1, 0.15) is 5.82 Å². The number of fused-ring (bicyclic) bond motifs is 1. The first-order valence-corrected chi connectivity index (χ1v) is 8.57. The average molecular weight is 361 g/mol. The van der Waals surface area contributed by atoms with Crippen LogP contribution in [-0.2, 0) is 11.3 Å². The number of carbonyl (C=O) groups excluding carboxylic acids is 1. The molecule has 0 aliphatic rings. The maximum Gasteiger partial charge on any atom is 0.277 e. The van der Waals surface area contributed by atoms with Crippen molar-refractivity contribution in [3.8, 4) is 0 Å². The molecule has 0 spiro atoms. The lowest BCUT2D eigenvalue weighted by molar-refractivity contribution is -0.120. The van der Waals surface area contributed by atoms with Gasteiger partial charge in [0, 0.05) is 6.54 Å². The van der Waals surface area contributed by atoms with Crippen molar-refractivity contribution in [3.63, 3.8) is 0 Å². The highest BCUT2D eigenvalue weighted by molar-refractivity contribution is 8.00. The summed E-state index contributed by atoms with van der Waals surface area (Å²) in [6, 6.07) is 5.94. The number of benzene rings is 1. The zero-order chi connectivity index (χ0) is 17.8. The number of rotatable bonds is 6. The Morgan fingerprint density at radius 1 is 1.36 bits per heavy atom. The van der Waals surface area contributed by atoms with E-state index in [1.807, 2.05) is 6.92 Å². The molecule has 0 unspecified atom stereocenters. The molecule has 3 rings (SSSR count). The third kappa shape index (κ3) is 4.05. The molecule has 130 valence electrons. The molecule has 0 radical (unpaired) electrons. The van der Waals surface area contributed by atoms with Gasteiger partial charge in [-0.25, -0.2) is 14.4 Å². The van der Waals surface area contributed by atoms with Gasteiger partial charge in [0.25, 0.3) is 5.56 Å². The third-order valence-electron chi connectivity index (χ3n) is 3.57. The van der Waals surface area contributed by atoms with Crippen LogP contribution in [0.5, 0.6) is 0 Å². The molecule has 0 fully saturated rings. The molecular formula is C16H16FN5O2S. The Labute approximate surface area is 146 Å². The van der Waals surface area contributed by atoms with Gasteiger partial charge in [0.05, 0.1) is 11.6 Å². The molecule has 0 aliphatic carbocycles. The van der Waals surface area contributed by atoms with Crippen molar-refractivity contribution in [1.29, 1.82) is 0 Å². The van der Waals surface area contributed by atoms with Gasteiger partial charge in [0.2, 0.25) is 5.91 Å². The highest BCUT2D eigenvalue weighted by atomic mass is 32.2. The first-order valence-electron chi connectivity index (χ1n) is 7.69. The van der Waals surface area contributed by atoms with Crippen LogP contribution in [0.4, 0.5) is 4.39 Å². The second-order valence-corrected chi connectivity index (χ2v) is 6.52. The molecule has 9 heteroatoms. The molecule has 0 saturated carbocycles. The molecule has 3 N–H and O–H groups in total. The predicted molar refractivity (Wildman–Crippen MR) is 92.7 cm³/mol. The quantitative estimate of drug-likeness (QED) is 0.460. The van der Waals surface area contributed by atoms with Gasteiger partial charge < -0.3 is 10.3 Å². The van der Waals surface area contributed by atoms with Gasteiger partial charge in [-0.05, 0) is 24.1 Å². The lowest BCUT2D eigenvalue weighted by atomic mass is 10.2. The SMILES string of the molecule is CC[C@H](Sc1nc2nc[nH]c2c(=O)[nH]1)C(=O)NCc1ccc(F)cc1. The number of nitrogens with zero attached hydrogens (tertiary/aromatic N) is 2. The second-order valence-electron chi connectivity index (χ2n) is 5.33. The minimum Gasteiger partial charge on any atom is -0.351 e. The van der Waals surface area contributed by atoms with Crippen LogP contribution in [0.15, 0.2) is 40.5 Å². The van der Waals surface area contributed by atoms with Crippen LogP contribution in [0.1, 0.15) is 18.9 Å². The Morgan fingerprint density at radius 2 is 2.12 bits per heavy atom. The standard InChI is InChI=1S/C16H16FN5O2S/c1-2-11(14(23)18-7-9-3-5-10(17)6-4-9)25-16-21-13-12(15(24)22-16)19-8-20-13/h3-6,8,11H,2,7H2,1H3,(H,18,23)(H2,19,20,21,22,24)/t11-/m0/s1. The van der Waals surface area contributed by atoms with Crippen LogP contribution in [0.3, 0.4) is 0 Å². The number of hydrogen-bond acceptors (Lipinski definition) is 5. The van der Waals surface area contributed by atoms with E-state index in [4.69, 9.17) is 0 Å². The summed E-state index contributed by atoms with van der Waals surface area (Å²) in [5, 5.41) is 2.74. The van der Waals surface area contributed by atoms with Crippen LogP contribution < -0.4 is 10.9 Å². The number of imidazole rings is 1. The number of nitrogens with one attached hydrogen (secondary N) is 3. The molecule has 7 nitrogen and oxygen atoms in total. The van der Waals surface area contributed by atoms with Gasteiger partial charge in [-0.3, -0.25) is 14.6 Å². The average Bonchev–Trinajstić information content (AvgIpc) is 3.08. The largest absolute Gasteiger partial charge is 0.351 e. The van der Waals surface area contributed by atoms with Gasteiger partial charge in [0.15, 0.2) is 16.3 Å². The Morgan fingerprint density at radius 3 is 2.84 bits per heavy atom. The molecule has 3 aromatic rings. The van der Waals surface area contributed by atoms with Gasteiger partial charge >= 0.3 is 0 Å². The maximum atomic E-state index is 12.9. The molecule has 1 atom stereocenters. The summed E-state index contributed by atoms with van der Waals surface area (Å²) in [4.78, 5) is 37.9. The number of thioether (sulfide) groups is 1. The summed E-state index contributed by atoms with van der Waals surface area (Å²) in [5.41, 5.74) is 1.09. The summed E-state index contributed by atoms with van der Waals surface area (Å²) < 4.78 is 12.9. The lowest BCUT2D eigenvalue weighted by Gasteiger charge is -2.14. The summed E-state index contributed by atoms with van der Waals surface area (Å²) >= 11 is 1.17. The molecule has 0 bridgehead atoms. The van der Waals surface area contributed by atoms with Crippen LogP contribution >= 0.6 is 11.8 Å². The van der Waals surface area contributed by atoms with E-state index in [2.05, 4.69) is 25.3 Å². The van der Waals surface area contributed by atoms with Crippen molar-refractivity contribution in [2.24, 2.45) is 0 Å². The van der Waals surface area contributed by atoms with Crippen molar-refractivity contribution in [2.45, 2.75) is 30.3 Å². The summed E-state index contributed by atoms with van der Waals surface area (Å²) in [6.45, 7) is 2.18. The molecule has 1 amide bonds. The van der Waals surface area contributed by atoms with Gasteiger partial charge in [-0.1, -0.05) is 30.8 Å². The molecular weight excluding hydrogens is 345 g/mol. The van der Waals surface area contributed by atoms with Crippen molar-refractivity contribution < 1.29 is 9.18 Å². The fourth-order valence-electron chi connectivity index (χ4n) is 2.24. The first-order chi connectivity index (χ1) is 12.1. The third-order valence-corrected chi connectivity index (χ3v) is 4.82. The maximum absolute atomic E-state index is 12.9. The first kappa shape index (κ1) is 17.2. The van der Waals surface area contributed by atoms with E-state index < -0.39 is 5.25 Å². The van der Waals surface area contributed by atoms with E-state index in [1.54, 1.807) is 12.1 Å². The molecule has 0 aliphatic heterocycles. The number of halogens is 1. The number of aromatic nitrogens is 4. The van der Waals surface area contributed by atoms with Crippen molar-refractivity contribution in [3.05, 3.63) is 52.3 Å². The molecule has 2 heterocycles. The smallest absolute Gasteiger partial charge is 0.277 e. The highest BCUT2D eigenvalue weighted by Gasteiger charge is 2.19. The van der Waals surface area contributed by atoms with E-state index in [0.717, 1.165) is 5.56 Å². The lowest BCUT2D eigenvalue weighted by Crippen LogP contribution is -2.32. The van der Waals surface area contributed by atoms with Crippen molar-refractivity contribution in [2.75, 3.05) is 0 Å². The van der Waals surface area contributed by atoms with Crippen LogP contribution in [0.25, 0.3) is 11.2 Å². The number of amides is 1. The molecule has 1 aromatic carbocycles. The Kier molecular flexibility index (Phi) is 5.13. The van der Waals surface area contributed by atoms with Gasteiger partial charge in [-0.2, -0.15) is 0 Å². The van der Waals surface area contributed by atoms with E-state index in [9.17, 15) is 14.0 Å². The van der Waals surface area contributed by atoms with E-state index in [0.29, 0.717) is 29.3 Å². The molecule has 25 heavy (non-hydrogen) atoms. The Balaban J connectivity index is 1.67. The van der Waals surface area contributed by atoms with E-state index in [-0.39, 0.29) is 17.3 Å². The van der Waals surface area contributed by atoms with Gasteiger partial charge in [-0.15, -0.1) is 0 Å². The minimum absolute atomic E-state index is 0.179. The normalized spacial score (nSPS) is 12.2. The zero-order valence-corrected chi connectivity index (χ0v) is 14.2. The number of H-pyrrole nitrogens is 2. The minimum atomic E-state index is -0.417. The zero-order valence-electron chi connectivity index (χ0n) is 13.4. The Hall–Kier alpha value is -2.68. The van der Waals surface area contributed by atoms with Crippen LogP contribution in [0.2, 0.25) is 0 Å². The number of aromatic amines is 2. The number of carbonyl (C=O) groups is 1. The molecule has 0 saturated heterocycles. The van der Waals surface area contributed by atoms with E-state index >= 15 is 0 Å². The topological polar surface area (TPSA) is 104 Å². The van der Waals surface area contributed by atoms with Crippen LogP contribution in [0, 0.1) is 5.82 Å². The molecule has 2 aromatic heterocycles. The van der Waals surface area contributed by atoms with Crippen LogP contribution in [-0.4, -0.2) is 31.1 Å². The fourth-order valence-corrected chi connectivity index (χ4v) is 3.16. The summed E-state index contributed by atoms with van der Waals surface area (Å²) in [6.07, 6.45) is 1.95. The Bertz CT molecular complexity index is 938. The second kappa shape index (κ2) is 7.47. The predicted octanol–water partition coefficient (Wildman–Crippen LogP) is 1.97. The number of hydrogen-bond donors (Lipinski definition) is 3. The van der Waals surface area contributed by atoms with Crippen molar-refractivity contribution in [1.82, 2.24) is 25.3 Å². The highest BCUT2D eigenvalue weighted by Crippen LogP contribution is 2.22. The monoisotopic (exact) mass is 361 g/mol. The fraction of sp³-hybridized carbons (Fsp3) is 0.250. The van der Waals surface area contributed by atoms with E-state index in [1.165, 1.54) is 30.2 Å².